The molecule has 19 heavy (non-hydrogen) atoms. The Morgan fingerprint density at radius 1 is 1.26 bits per heavy atom. The van der Waals surface area contributed by atoms with E-state index < -0.39 is 0 Å². The third kappa shape index (κ3) is 1.89. The first kappa shape index (κ1) is 11.2. The van der Waals surface area contributed by atoms with Crippen LogP contribution in [0, 0.1) is 11.8 Å². The van der Waals surface area contributed by atoms with Crippen molar-refractivity contribution >= 4 is 16.9 Å². The van der Waals surface area contributed by atoms with Crippen molar-refractivity contribution in [2.24, 2.45) is 11.8 Å². The first-order valence-electron chi connectivity index (χ1n) is 7.02. The molecule has 2 aromatic rings. The maximum absolute atomic E-state index is 5.52. The van der Waals surface area contributed by atoms with Crippen LogP contribution in [-0.2, 0) is 4.74 Å². The summed E-state index contributed by atoms with van der Waals surface area (Å²) in [5.41, 5.74) is 0.928. The van der Waals surface area contributed by atoms with Gasteiger partial charge in [0.05, 0.1) is 5.39 Å². The Balaban J connectivity index is 1.58. The van der Waals surface area contributed by atoms with Crippen molar-refractivity contribution in [3.8, 4) is 0 Å². The predicted octanol–water partition coefficient (Wildman–Crippen LogP) is 1.82. The fourth-order valence-corrected chi connectivity index (χ4v) is 3.40. The average Bonchev–Trinajstić information content (AvgIpc) is 3.18. The molecule has 2 atom stereocenters. The van der Waals surface area contributed by atoms with E-state index in [1.165, 1.54) is 12.8 Å². The van der Waals surface area contributed by atoms with Crippen LogP contribution in [-0.4, -0.2) is 41.3 Å². The van der Waals surface area contributed by atoms with Crippen molar-refractivity contribution in [1.29, 1.82) is 0 Å². The normalized spacial score (nSPS) is 27.5. The van der Waals surface area contributed by atoms with Gasteiger partial charge in [-0.25, -0.2) is 9.97 Å². The molecule has 2 unspecified atom stereocenters. The van der Waals surface area contributed by atoms with Crippen LogP contribution in [0.4, 0.5) is 5.82 Å². The molecule has 2 saturated heterocycles. The van der Waals surface area contributed by atoms with Gasteiger partial charge in [0.15, 0.2) is 0 Å². The molecule has 0 radical (unpaired) electrons. The van der Waals surface area contributed by atoms with Gasteiger partial charge in [-0.2, -0.15) is 0 Å². The minimum absolute atomic E-state index is 0.744. The lowest BCUT2D eigenvalue weighted by molar-refractivity contribution is 0.174. The number of hydrogen-bond acceptors (Lipinski definition) is 4. The van der Waals surface area contributed by atoms with Gasteiger partial charge in [0.2, 0.25) is 0 Å². The Kier molecular flexibility index (Phi) is 2.65. The van der Waals surface area contributed by atoms with E-state index in [4.69, 9.17) is 4.74 Å². The quantitative estimate of drug-likeness (QED) is 0.892. The van der Waals surface area contributed by atoms with E-state index in [0.717, 1.165) is 55.0 Å². The first-order chi connectivity index (χ1) is 9.42. The number of fused-ring (bicyclic) bond motifs is 1. The van der Waals surface area contributed by atoms with Crippen LogP contribution < -0.4 is 4.90 Å². The highest BCUT2D eigenvalue weighted by Gasteiger charge is 2.32. The molecule has 0 amide bonds. The highest BCUT2D eigenvalue weighted by Crippen LogP contribution is 2.33. The molecule has 100 valence electrons. The summed E-state index contributed by atoms with van der Waals surface area (Å²) in [7, 11) is 0. The minimum atomic E-state index is 0.744. The molecule has 2 fully saturated rings. The zero-order chi connectivity index (χ0) is 12.7. The van der Waals surface area contributed by atoms with Gasteiger partial charge in [0.1, 0.15) is 17.8 Å². The SMILES string of the molecule is c1nc(N2CCC(C3CCOC3)C2)c2cc[nH]c2n1. The maximum Gasteiger partial charge on any atom is 0.142 e. The van der Waals surface area contributed by atoms with Gasteiger partial charge < -0.3 is 14.6 Å². The molecule has 4 rings (SSSR count). The van der Waals surface area contributed by atoms with Crippen molar-refractivity contribution in [2.45, 2.75) is 12.8 Å². The van der Waals surface area contributed by atoms with Crippen molar-refractivity contribution in [3.05, 3.63) is 18.6 Å². The molecular formula is C14H18N4O. The van der Waals surface area contributed by atoms with E-state index in [2.05, 4.69) is 25.9 Å². The van der Waals surface area contributed by atoms with Crippen LogP contribution in [0.15, 0.2) is 18.6 Å². The van der Waals surface area contributed by atoms with Crippen LogP contribution >= 0.6 is 0 Å². The van der Waals surface area contributed by atoms with Crippen LogP contribution in [0.3, 0.4) is 0 Å². The number of ether oxygens (including phenoxy) is 1. The summed E-state index contributed by atoms with van der Waals surface area (Å²) in [5, 5.41) is 1.13. The molecule has 4 heterocycles. The minimum Gasteiger partial charge on any atom is -0.381 e. The van der Waals surface area contributed by atoms with Gasteiger partial charge in [0.25, 0.3) is 0 Å². The molecular weight excluding hydrogens is 240 g/mol. The van der Waals surface area contributed by atoms with E-state index in [1.807, 2.05) is 6.20 Å². The maximum atomic E-state index is 5.52. The lowest BCUT2D eigenvalue weighted by atomic mass is 9.91. The molecule has 2 aliphatic heterocycles. The highest BCUT2D eigenvalue weighted by atomic mass is 16.5. The molecule has 1 N–H and O–H groups in total. The molecule has 0 spiro atoms. The zero-order valence-corrected chi connectivity index (χ0v) is 10.9. The summed E-state index contributed by atoms with van der Waals surface area (Å²) >= 11 is 0. The number of anilines is 1. The molecule has 2 aromatic heterocycles. The highest BCUT2D eigenvalue weighted by molar-refractivity contribution is 5.87. The van der Waals surface area contributed by atoms with Crippen molar-refractivity contribution in [2.75, 3.05) is 31.2 Å². The summed E-state index contributed by atoms with van der Waals surface area (Å²) < 4.78 is 5.52. The average molecular weight is 258 g/mol. The lowest BCUT2D eigenvalue weighted by Gasteiger charge is -2.20. The number of aromatic amines is 1. The van der Waals surface area contributed by atoms with E-state index in [0.29, 0.717) is 0 Å². The summed E-state index contributed by atoms with van der Waals surface area (Å²) in [5.74, 6) is 2.58. The van der Waals surface area contributed by atoms with E-state index in [1.54, 1.807) is 6.33 Å². The fourth-order valence-electron chi connectivity index (χ4n) is 3.40. The van der Waals surface area contributed by atoms with E-state index >= 15 is 0 Å². The monoisotopic (exact) mass is 258 g/mol. The number of aromatic nitrogens is 3. The number of rotatable bonds is 2. The van der Waals surface area contributed by atoms with Gasteiger partial charge in [-0.15, -0.1) is 0 Å². The van der Waals surface area contributed by atoms with Crippen LogP contribution in [0.25, 0.3) is 11.0 Å². The second-order valence-electron chi connectivity index (χ2n) is 5.56. The van der Waals surface area contributed by atoms with Gasteiger partial charge in [0, 0.05) is 32.5 Å². The topological polar surface area (TPSA) is 54.0 Å². The number of H-pyrrole nitrogens is 1. The molecule has 2 aliphatic rings. The predicted molar refractivity (Wildman–Crippen MR) is 73.1 cm³/mol. The first-order valence-corrected chi connectivity index (χ1v) is 7.02. The standard InChI is InChI=1S/C14H18N4O/c1-4-15-13-12(1)14(17-9-16-13)18-5-2-10(7-18)11-3-6-19-8-11/h1,4,9-11H,2-3,5-8H2,(H,15,16,17). The van der Waals surface area contributed by atoms with Gasteiger partial charge in [-0.1, -0.05) is 0 Å². The van der Waals surface area contributed by atoms with Crippen molar-refractivity contribution in [1.82, 2.24) is 15.0 Å². The number of hydrogen-bond donors (Lipinski definition) is 1. The zero-order valence-electron chi connectivity index (χ0n) is 10.9. The fraction of sp³-hybridized carbons (Fsp3) is 0.571. The second-order valence-corrected chi connectivity index (χ2v) is 5.56. The largest absolute Gasteiger partial charge is 0.381 e. The summed E-state index contributed by atoms with van der Waals surface area (Å²) in [6.45, 7) is 4.09. The summed E-state index contributed by atoms with van der Waals surface area (Å²) in [4.78, 5) is 14.3. The van der Waals surface area contributed by atoms with Crippen molar-refractivity contribution in [3.63, 3.8) is 0 Å². The Hall–Kier alpha value is -1.62. The number of nitrogens with one attached hydrogen (secondary N) is 1. The Labute approximate surface area is 112 Å². The summed E-state index contributed by atoms with van der Waals surface area (Å²) in [6, 6.07) is 2.07. The number of nitrogens with zero attached hydrogens (tertiary/aromatic N) is 3. The Bertz CT molecular complexity index is 576. The molecule has 5 heteroatoms. The molecule has 0 bridgehead atoms. The van der Waals surface area contributed by atoms with Crippen LogP contribution in [0.2, 0.25) is 0 Å². The van der Waals surface area contributed by atoms with E-state index in [9.17, 15) is 0 Å². The Morgan fingerprint density at radius 3 is 3.16 bits per heavy atom. The molecule has 0 aliphatic carbocycles. The molecule has 5 nitrogen and oxygen atoms in total. The third-order valence-electron chi connectivity index (χ3n) is 4.49. The van der Waals surface area contributed by atoms with Gasteiger partial charge in [-0.3, -0.25) is 0 Å². The third-order valence-corrected chi connectivity index (χ3v) is 4.49. The Morgan fingerprint density at radius 2 is 2.26 bits per heavy atom. The smallest absolute Gasteiger partial charge is 0.142 e. The molecule has 0 saturated carbocycles. The van der Waals surface area contributed by atoms with Crippen LogP contribution in [0.5, 0.6) is 0 Å². The van der Waals surface area contributed by atoms with E-state index in [-0.39, 0.29) is 0 Å². The molecule has 0 aromatic carbocycles. The van der Waals surface area contributed by atoms with Gasteiger partial charge in [-0.05, 0) is 30.7 Å². The second kappa shape index (κ2) is 4.49. The van der Waals surface area contributed by atoms with Crippen LogP contribution in [0.1, 0.15) is 12.8 Å². The van der Waals surface area contributed by atoms with Gasteiger partial charge >= 0.3 is 0 Å². The van der Waals surface area contributed by atoms with Crippen molar-refractivity contribution < 1.29 is 4.74 Å². The summed E-state index contributed by atoms with van der Waals surface area (Å²) in [6.07, 6.45) is 6.06. The lowest BCUT2D eigenvalue weighted by Crippen LogP contribution is -2.24.